The van der Waals surface area contributed by atoms with Crippen LogP contribution in [0.3, 0.4) is 0 Å². The van der Waals surface area contributed by atoms with E-state index in [1.165, 1.54) is 19.4 Å². The predicted molar refractivity (Wildman–Crippen MR) is 98.4 cm³/mol. The van der Waals surface area contributed by atoms with Crippen molar-refractivity contribution in [1.29, 1.82) is 0 Å². The number of rotatable bonds is 8. The smallest absolute Gasteiger partial charge is 0.315 e. The first-order valence-corrected chi connectivity index (χ1v) is 8.03. The van der Waals surface area contributed by atoms with Gasteiger partial charge in [-0.25, -0.2) is 5.43 Å². The predicted octanol–water partition coefficient (Wildman–Crippen LogP) is 2.40. The first-order valence-electron chi connectivity index (χ1n) is 8.03. The molecule has 2 rings (SSSR count). The third-order valence-corrected chi connectivity index (χ3v) is 3.50. The molecule has 2 aromatic carbocycles. The number of methoxy groups -OCH3 is 1. The van der Waals surface area contributed by atoms with Crippen LogP contribution in [-0.4, -0.2) is 35.9 Å². The second kappa shape index (κ2) is 9.18. The number of phenolic OH excluding ortho intramolecular Hbond substituents is 1. The van der Waals surface area contributed by atoms with E-state index in [9.17, 15) is 20.0 Å². The molecule has 0 saturated heterocycles. The minimum atomic E-state index is -0.736. The molecule has 0 radical (unpaired) electrons. The number of hydrogen-bond acceptors (Lipinski definition) is 7. The van der Waals surface area contributed by atoms with E-state index in [1.807, 2.05) is 6.92 Å². The van der Waals surface area contributed by atoms with Crippen LogP contribution in [0, 0.1) is 10.1 Å². The van der Waals surface area contributed by atoms with E-state index in [2.05, 4.69) is 10.5 Å². The Kier molecular flexibility index (Phi) is 6.70. The standard InChI is InChI=1S/C18H19N3O6/c1-3-27-14-6-4-12(5-7-14)10-17(22)20-19-11-13-8-15(21(24)25)18(23)16(9-13)26-2/h4-9,11,23H,3,10H2,1-2H3,(H,20,22)/b19-11+. The van der Waals surface area contributed by atoms with E-state index in [1.54, 1.807) is 24.3 Å². The molecule has 0 heterocycles. The summed E-state index contributed by atoms with van der Waals surface area (Å²) in [4.78, 5) is 22.2. The van der Waals surface area contributed by atoms with Crippen molar-refractivity contribution in [2.45, 2.75) is 13.3 Å². The molecule has 9 heteroatoms. The van der Waals surface area contributed by atoms with Crippen LogP contribution in [0.15, 0.2) is 41.5 Å². The molecule has 2 N–H and O–H groups in total. The Morgan fingerprint density at radius 2 is 2.04 bits per heavy atom. The van der Waals surface area contributed by atoms with E-state index in [4.69, 9.17) is 9.47 Å². The van der Waals surface area contributed by atoms with Crippen LogP contribution < -0.4 is 14.9 Å². The summed E-state index contributed by atoms with van der Waals surface area (Å²) >= 11 is 0. The molecule has 142 valence electrons. The van der Waals surface area contributed by atoms with Gasteiger partial charge in [0.05, 0.1) is 31.3 Å². The zero-order valence-electron chi connectivity index (χ0n) is 14.8. The molecule has 0 spiro atoms. The molecule has 0 aliphatic rings. The Morgan fingerprint density at radius 3 is 2.63 bits per heavy atom. The highest BCUT2D eigenvalue weighted by molar-refractivity contribution is 5.85. The van der Waals surface area contributed by atoms with Crippen LogP contribution in [0.2, 0.25) is 0 Å². The van der Waals surface area contributed by atoms with E-state index in [0.29, 0.717) is 6.61 Å². The molecule has 27 heavy (non-hydrogen) atoms. The zero-order chi connectivity index (χ0) is 19.8. The van der Waals surface area contributed by atoms with Crippen LogP contribution in [0.4, 0.5) is 5.69 Å². The number of nitrogens with zero attached hydrogens (tertiary/aromatic N) is 2. The van der Waals surface area contributed by atoms with Crippen molar-refractivity contribution in [1.82, 2.24) is 5.43 Å². The summed E-state index contributed by atoms with van der Waals surface area (Å²) in [7, 11) is 1.28. The van der Waals surface area contributed by atoms with E-state index >= 15 is 0 Å². The Morgan fingerprint density at radius 1 is 1.33 bits per heavy atom. The molecular formula is C18H19N3O6. The first kappa shape index (κ1) is 19.7. The minimum Gasteiger partial charge on any atom is -0.500 e. The highest BCUT2D eigenvalue weighted by atomic mass is 16.6. The number of aromatic hydroxyl groups is 1. The molecule has 1 amide bonds. The van der Waals surface area contributed by atoms with E-state index in [0.717, 1.165) is 17.4 Å². The summed E-state index contributed by atoms with van der Waals surface area (Å²) in [6, 6.07) is 9.60. The van der Waals surface area contributed by atoms with Crippen LogP contribution in [0.1, 0.15) is 18.1 Å². The third-order valence-electron chi connectivity index (χ3n) is 3.50. The lowest BCUT2D eigenvalue weighted by Crippen LogP contribution is -2.19. The number of hydrazone groups is 1. The minimum absolute atomic E-state index is 0.0636. The lowest BCUT2D eigenvalue weighted by atomic mass is 10.1. The fourth-order valence-corrected chi connectivity index (χ4v) is 2.26. The van der Waals surface area contributed by atoms with Gasteiger partial charge in [0.25, 0.3) is 0 Å². The summed E-state index contributed by atoms with van der Waals surface area (Å²) < 4.78 is 10.2. The Labute approximate surface area is 155 Å². The van der Waals surface area contributed by atoms with Gasteiger partial charge in [-0.3, -0.25) is 14.9 Å². The molecule has 0 bridgehead atoms. The van der Waals surface area contributed by atoms with Crippen LogP contribution in [-0.2, 0) is 11.2 Å². The van der Waals surface area contributed by atoms with Gasteiger partial charge < -0.3 is 14.6 Å². The van der Waals surface area contributed by atoms with Gasteiger partial charge in [-0.1, -0.05) is 12.1 Å². The SMILES string of the molecule is CCOc1ccc(CC(=O)N/N=C/c2cc(OC)c(O)c([N+](=O)[O-])c2)cc1. The van der Waals surface area contributed by atoms with Gasteiger partial charge in [0, 0.05) is 11.6 Å². The lowest BCUT2D eigenvalue weighted by Gasteiger charge is -2.05. The van der Waals surface area contributed by atoms with E-state index in [-0.39, 0.29) is 23.6 Å². The quantitative estimate of drug-likeness (QED) is 0.416. The number of ether oxygens (including phenoxy) is 2. The Balaban J connectivity index is 2.01. The molecule has 0 aromatic heterocycles. The summed E-state index contributed by atoms with van der Waals surface area (Å²) in [6.45, 7) is 2.45. The number of carbonyl (C=O) groups excluding carboxylic acids is 1. The lowest BCUT2D eigenvalue weighted by molar-refractivity contribution is -0.386. The van der Waals surface area contributed by atoms with Crippen LogP contribution in [0.25, 0.3) is 0 Å². The molecule has 0 aliphatic heterocycles. The van der Waals surface area contributed by atoms with Gasteiger partial charge in [-0.05, 0) is 30.7 Å². The van der Waals surface area contributed by atoms with Gasteiger partial charge in [0.2, 0.25) is 11.7 Å². The average Bonchev–Trinajstić information content (AvgIpc) is 2.64. The van der Waals surface area contributed by atoms with Crippen molar-refractivity contribution < 1.29 is 24.3 Å². The monoisotopic (exact) mass is 373 g/mol. The summed E-state index contributed by atoms with van der Waals surface area (Å²) in [6.07, 6.45) is 1.34. The number of nitrogens with one attached hydrogen (secondary N) is 1. The summed E-state index contributed by atoms with van der Waals surface area (Å²) in [5.74, 6) is -0.260. The van der Waals surface area contributed by atoms with Gasteiger partial charge in [-0.2, -0.15) is 5.10 Å². The molecule has 9 nitrogen and oxygen atoms in total. The number of nitro benzene ring substituents is 1. The number of amides is 1. The van der Waals surface area contributed by atoms with Crippen molar-refractivity contribution in [2.75, 3.05) is 13.7 Å². The van der Waals surface area contributed by atoms with Gasteiger partial charge >= 0.3 is 5.69 Å². The van der Waals surface area contributed by atoms with E-state index < -0.39 is 16.4 Å². The molecular weight excluding hydrogens is 354 g/mol. The molecule has 2 aromatic rings. The van der Waals surface area contributed by atoms with Crippen LogP contribution in [0.5, 0.6) is 17.2 Å². The maximum atomic E-state index is 11.9. The van der Waals surface area contributed by atoms with Crippen molar-refractivity contribution in [3.8, 4) is 17.2 Å². The largest absolute Gasteiger partial charge is 0.500 e. The molecule has 0 aliphatic carbocycles. The fourth-order valence-electron chi connectivity index (χ4n) is 2.26. The summed E-state index contributed by atoms with van der Waals surface area (Å²) in [5, 5.41) is 24.5. The Hall–Kier alpha value is -3.62. The molecule has 0 atom stereocenters. The molecule has 0 unspecified atom stereocenters. The number of hydrogen-bond donors (Lipinski definition) is 2. The van der Waals surface area contributed by atoms with Crippen molar-refractivity contribution in [3.63, 3.8) is 0 Å². The first-order chi connectivity index (χ1) is 12.9. The normalized spacial score (nSPS) is 10.6. The zero-order valence-corrected chi connectivity index (χ0v) is 14.8. The number of carbonyl (C=O) groups is 1. The van der Waals surface area contributed by atoms with Crippen molar-refractivity contribution >= 4 is 17.8 Å². The van der Waals surface area contributed by atoms with Crippen LogP contribution >= 0.6 is 0 Å². The maximum Gasteiger partial charge on any atom is 0.315 e. The second-order valence-electron chi connectivity index (χ2n) is 5.39. The van der Waals surface area contributed by atoms with Crippen molar-refractivity contribution in [3.05, 3.63) is 57.6 Å². The van der Waals surface area contributed by atoms with Crippen molar-refractivity contribution in [2.24, 2.45) is 5.10 Å². The summed E-state index contributed by atoms with van der Waals surface area (Å²) in [5.41, 5.74) is 2.90. The molecule has 0 fully saturated rings. The second-order valence-corrected chi connectivity index (χ2v) is 5.39. The van der Waals surface area contributed by atoms with Gasteiger partial charge in [-0.15, -0.1) is 0 Å². The fraction of sp³-hybridized carbons (Fsp3) is 0.222. The van der Waals surface area contributed by atoms with Gasteiger partial charge in [0.1, 0.15) is 5.75 Å². The number of phenols is 1. The third kappa shape index (κ3) is 5.43. The Bertz CT molecular complexity index is 849. The highest BCUT2D eigenvalue weighted by Gasteiger charge is 2.19. The number of benzene rings is 2. The topological polar surface area (TPSA) is 123 Å². The molecule has 0 saturated carbocycles. The number of nitro groups is 1. The van der Waals surface area contributed by atoms with Gasteiger partial charge in [0.15, 0.2) is 5.75 Å². The highest BCUT2D eigenvalue weighted by Crippen LogP contribution is 2.36. The average molecular weight is 373 g/mol. The maximum absolute atomic E-state index is 11.9.